The summed E-state index contributed by atoms with van der Waals surface area (Å²) >= 11 is 5.17. The maximum atomic E-state index is 9.11. The van der Waals surface area contributed by atoms with Crippen LogP contribution >= 0.6 is 27.7 Å². The van der Waals surface area contributed by atoms with Crippen molar-refractivity contribution in [3.05, 3.63) is 40.5 Å². The first kappa shape index (κ1) is 14.6. The molecule has 2 atom stereocenters. The van der Waals surface area contributed by atoms with Crippen LogP contribution in [0.15, 0.2) is 38.2 Å². The van der Waals surface area contributed by atoms with Crippen molar-refractivity contribution in [2.24, 2.45) is 11.3 Å². The van der Waals surface area contributed by atoms with Crippen LogP contribution < -0.4 is 0 Å². The van der Waals surface area contributed by atoms with Crippen molar-refractivity contribution >= 4 is 27.7 Å². The second kappa shape index (κ2) is 5.47. The minimum Gasteiger partial charge on any atom is -0.339 e. The largest absolute Gasteiger partial charge is 0.339 e. The molecule has 1 aromatic carbocycles. The number of thioether (sulfide) groups is 1. The van der Waals surface area contributed by atoms with Gasteiger partial charge < -0.3 is 4.52 Å². The van der Waals surface area contributed by atoms with Gasteiger partial charge in [-0.2, -0.15) is 10.2 Å². The third-order valence-electron chi connectivity index (χ3n) is 3.91. The van der Waals surface area contributed by atoms with Crippen LogP contribution in [-0.4, -0.2) is 10.1 Å². The molecule has 0 aliphatic heterocycles. The summed E-state index contributed by atoms with van der Waals surface area (Å²) in [5.41, 5.74) is -0.0614. The second-order valence-electron chi connectivity index (χ2n) is 5.67. The molecule has 0 amide bonds. The smallest absolute Gasteiger partial charge is 0.231 e. The van der Waals surface area contributed by atoms with Crippen molar-refractivity contribution in [1.29, 1.82) is 5.26 Å². The van der Waals surface area contributed by atoms with Crippen molar-refractivity contribution in [3.8, 4) is 6.07 Å². The minimum atomic E-state index is -0.0614. The Bertz CT molecular complexity index is 707. The zero-order valence-electron chi connectivity index (χ0n) is 11.7. The Hall–Kier alpha value is -1.32. The Morgan fingerprint density at radius 2 is 2.19 bits per heavy atom. The van der Waals surface area contributed by atoms with Gasteiger partial charge in [0.1, 0.15) is 0 Å². The summed E-state index contributed by atoms with van der Waals surface area (Å²) in [5, 5.41) is 13.1. The van der Waals surface area contributed by atoms with E-state index in [4.69, 9.17) is 9.78 Å². The van der Waals surface area contributed by atoms with Gasteiger partial charge >= 0.3 is 0 Å². The fourth-order valence-electron chi connectivity index (χ4n) is 2.50. The third kappa shape index (κ3) is 2.72. The number of hydrogen-bond donors (Lipinski definition) is 0. The van der Waals surface area contributed by atoms with E-state index in [2.05, 4.69) is 46.0 Å². The first-order valence-corrected chi connectivity index (χ1v) is 8.41. The Balaban J connectivity index is 1.67. The van der Waals surface area contributed by atoms with Gasteiger partial charge in [0.25, 0.3) is 0 Å². The highest BCUT2D eigenvalue weighted by molar-refractivity contribution is 9.10. The highest BCUT2D eigenvalue weighted by atomic mass is 79.9. The molecule has 0 radical (unpaired) electrons. The first-order chi connectivity index (χ1) is 10.0. The van der Waals surface area contributed by atoms with Gasteiger partial charge in [0.15, 0.2) is 5.82 Å². The van der Waals surface area contributed by atoms with E-state index >= 15 is 0 Å². The highest BCUT2D eigenvalue weighted by Gasteiger charge is 2.62. The average molecular weight is 364 g/mol. The maximum absolute atomic E-state index is 9.11. The number of nitrogens with zero attached hydrogens (tertiary/aromatic N) is 3. The Labute approximate surface area is 136 Å². The van der Waals surface area contributed by atoms with Gasteiger partial charge in [-0.05, 0) is 33.5 Å². The van der Waals surface area contributed by atoms with Gasteiger partial charge in [-0.1, -0.05) is 31.1 Å². The number of halogens is 1. The van der Waals surface area contributed by atoms with E-state index in [-0.39, 0.29) is 17.3 Å². The van der Waals surface area contributed by atoms with Gasteiger partial charge in [0.2, 0.25) is 5.89 Å². The molecule has 4 nitrogen and oxygen atoms in total. The number of hydrogen-bond acceptors (Lipinski definition) is 5. The highest BCUT2D eigenvalue weighted by Crippen LogP contribution is 2.63. The second-order valence-corrected chi connectivity index (χ2v) is 7.55. The summed E-state index contributed by atoms with van der Waals surface area (Å²) in [6.07, 6.45) is 0. The van der Waals surface area contributed by atoms with Crippen molar-refractivity contribution in [1.82, 2.24) is 10.1 Å². The topological polar surface area (TPSA) is 62.7 Å². The van der Waals surface area contributed by atoms with Crippen LogP contribution in [0.5, 0.6) is 0 Å². The molecule has 1 aromatic heterocycles. The lowest BCUT2D eigenvalue weighted by atomic mass is 10.1. The molecule has 2 unspecified atom stereocenters. The third-order valence-corrected chi connectivity index (χ3v) is 5.93. The standard InChI is InChI=1S/C15H14BrN3OS/c1-15(2)9(7-17)13(15)14-18-12(19-20-14)8-21-11-6-4-3-5-10(11)16/h3-6,9,13H,8H2,1-2H3. The number of aromatic nitrogens is 2. The zero-order valence-corrected chi connectivity index (χ0v) is 14.1. The summed E-state index contributed by atoms with van der Waals surface area (Å²) in [5.74, 6) is 1.95. The average Bonchev–Trinajstić information content (AvgIpc) is 2.82. The monoisotopic (exact) mass is 363 g/mol. The number of rotatable bonds is 4. The molecule has 0 saturated heterocycles. The molecule has 0 N–H and O–H groups in total. The predicted molar refractivity (Wildman–Crippen MR) is 83.6 cm³/mol. The molecule has 1 saturated carbocycles. The summed E-state index contributed by atoms with van der Waals surface area (Å²) in [6.45, 7) is 4.12. The quantitative estimate of drug-likeness (QED) is 0.753. The lowest BCUT2D eigenvalue weighted by molar-refractivity contribution is 0.364. The Kier molecular flexibility index (Phi) is 3.80. The van der Waals surface area contributed by atoms with Gasteiger partial charge in [-0.15, -0.1) is 11.8 Å². The molecule has 1 aliphatic rings. The predicted octanol–water partition coefficient (Wildman–Crippen LogP) is 4.39. The van der Waals surface area contributed by atoms with Gasteiger partial charge in [0.05, 0.1) is 23.7 Å². The summed E-state index contributed by atoms with van der Waals surface area (Å²) < 4.78 is 6.40. The molecular formula is C15H14BrN3OS. The zero-order chi connectivity index (χ0) is 15.0. The summed E-state index contributed by atoms with van der Waals surface area (Å²) in [4.78, 5) is 5.59. The van der Waals surface area contributed by atoms with Gasteiger partial charge in [-0.25, -0.2) is 0 Å². The van der Waals surface area contributed by atoms with Crippen molar-refractivity contribution < 1.29 is 4.52 Å². The lowest BCUT2D eigenvalue weighted by Crippen LogP contribution is -1.91. The van der Waals surface area contributed by atoms with E-state index in [1.54, 1.807) is 11.8 Å². The van der Waals surface area contributed by atoms with E-state index in [1.165, 1.54) is 0 Å². The van der Waals surface area contributed by atoms with Crippen LogP contribution in [0.1, 0.15) is 31.5 Å². The lowest BCUT2D eigenvalue weighted by Gasteiger charge is -2.00. The van der Waals surface area contributed by atoms with Crippen molar-refractivity contribution in [3.63, 3.8) is 0 Å². The SMILES string of the molecule is CC1(C)C(C#N)C1c1nc(CSc2ccccc2Br)no1. The molecule has 0 bridgehead atoms. The molecule has 3 rings (SSSR count). The van der Waals surface area contributed by atoms with Crippen LogP contribution in [0.4, 0.5) is 0 Å². The van der Waals surface area contributed by atoms with E-state index in [0.29, 0.717) is 17.5 Å². The maximum Gasteiger partial charge on any atom is 0.231 e. The van der Waals surface area contributed by atoms with E-state index in [9.17, 15) is 0 Å². The molecule has 108 valence electrons. The molecule has 0 spiro atoms. The Morgan fingerprint density at radius 3 is 2.86 bits per heavy atom. The van der Waals surface area contributed by atoms with Crippen LogP contribution in [0.2, 0.25) is 0 Å². The van der Waals surface area contributed by atoms with Crippen molar-refractivity contribution in [2.45, 2.75) is 30.4 Å². The number of benzene rings is 1. The van der Waals surface area contributed by atoms with E-state index < -0.39 is 0 Å². The Morgan fingerprint density at radius 1 is 1.43 bits per heavy atom. The first-order valence-electron chi connectivity index (χ1n) is 6.63. The summed E-state index contributed by atoms with van der Waals surface area (Å²) in [7, 11) is 0. The van der Waals surface area contributed by atoms with Crippen LogP contribution in [0, 0.1) is 22.7 Å². The fourth-order valence-corrected chi connectivity index (χ4v) is 3.91. The molecule has 1 heterocycles. The summed E-state index contributed by atoms with van der Waals surface area (Å²) in [6, 6.07) is 10.4. The molecule has 1 aliphatic carbocycles. The van der Waals surface area contributed by atoms with Crippen LogP contribution in [0.3, 0.4) is 0 Å². The number of nitriles is 1. The van der Waals surface area contributed by atoms with E-state index in [1.807, 2.05) is 24.3 Å². The van der Waals surface area contributed by atoms with Crippen molar-refractivity contribution in [2.75, 3.05) is 0 Å². The fraction of sp³-hybridized carbons (Fsp3) is 0.400. The van der Waals surface area contributed by atoms with Gasteiger partial charge in [-0.3, -0.25) is 0 Å². The van der Waals surface area contributed by atoms with Crippen LogP contribution in [0.25, 0.3) is 0 Å². The molecule has 6 heteroatoms. The van der Waals surface area contributed by atoms with Crippen LogP contribution in [-0.2, 0) is 5.75 Å². The van der Waals surface area contributed by atoms with E-state index in [0.717, 1.165) is 9.37 Å². The molecular weight excluding hydrogens is 350 g/mol. The van der Waals surface area contributed by atoms with Gasteiger partial charge in [0, 0.05) is 9.37 Å². The minimum absolute atomic E-state index is 0.0262. The molecule has 2 aromatic rings. The molecule has 21 heavy (non-hydrogen) atoms. The normalized spacial score (nSPS) is 22.8. The molecule has 1 fully saturated rings.